The summed E-state index contributed by atoms with van der Waals surface area (Å²) >= 11 is 3.08. The van der Waals surface area contributed by atoms with Crippen molar-refractivity contribution >= 4 is 21.9 Å². The topological polar surface area (TPSA) is 49.3 Å². The predicted octanol–water partition coefficient (Wildman–Crippen LogP) is 2.54. The molecule has 1 aromatic rings. The second-order valence-electron chi connectivity index (χ2n) is 4.28. The first-order valence-electron chi connectivity index (χ1n) is 5.48. The van der Waals surface area contributed by atoms with Gasteiger partial charge in [-0.05, 0) is 52.4 Å². The largest absolute Gasteiger partial charge is 0.480 e. The molecule has 1 fully saturated rings. The Hall–Kier alpha value is -0.940. The summed E-state index contributed by atoms with van der Waals surface area (Å²) < 4.78 is 13.7. The molecule has 1 saturated carbocycles. The average Bonchev–Trinajstić information content (AvgIpc) is 3.07. The summed E-state index contributed by atoms with van der Waals surface area (Å²) in [5.74, 6) is -0.930. The van der Waals surface area contributed by atoms with Gasteiger partial charge in [0.1, 0.15) is 11.9 Å². The third kappa shape index (κ3) is 3.26. The summed E-state index contributed by atoms with van der Waals surface area (Å²) in [5, 5.41) is 12.0. The molecular formula is C12H13BrFNO2. The lowest BCUT2D eigenvalue weighted by Crippen LogP contribution is -2.38. The summed E-state index contributed by atoms with van der Waals surface area (Å²) in [4.78, 5) is 11.0. The summed E-state index contributed by atoms with van der Waals surface area (Å²) in [7, 11) is 0. The fraction of sp³-hybridized carbons (Fsp3) is 0.417. The molecule has 3 nitrogen and oxygen atoms in total. The van der Waals surface area contributed by atoms with E-state index in [-0.39, 0.29) is 11.7 Å². The number of hydrogen-bond donors (Lipinski definition) is 2. The lowest BCUT2D eigenvalue weighted by atomic mass is 10.1. The molecule has 17 heavy (non-hydrogen) atoms. The molecule has 0 amide bonds. The standard InChI is InChI=1S/C12H13BrFNO2/c13-9-4-1-7(5-10(9)14)6-15-11(12(16)17)8-2-3-8/h1,4-5,8,11,15H,2-3,6H2,(H,16,17). The number of aliphatic carboxylic acids is 1. The zero-order valence-corrected chi connectivity index (χ0v) is 10.7. The number of carboxylic acids is 1. The summed E-state index contributed by atoms with van der Waals surface area (Å²) in [6, 6.07) is 4.29. The number of benzene rings is 1. The van der Waals surface area contributed by atoms with Crippen molar-refractivity contribution < 1.29 is 14.3 Å². The highest BCUT2D eigenvalue weighted by molar-refractivity contribution is 9.10. The van der Waals surface area contributed by atoms with Gasteiger partial charge in [-0.1, -0.05) is 6.07 Å². The fourth-order valence-corrected chi connectivity index (χ4v) is 2.01. The van der Waals surface area contributed by atoms with Crippen LogP contribution < -0.4 is 5.32 Å². The van der Waals surface area contributed by atoms with E-state index in [0.29, 0.717) is 11.0 Å². The first-order chi connectivity index (χ1) is 8.08. The van der Waals surface area contributed by atoms with Crippen LogP contribution in [0.25, 0.3) is 0 Å². The Morgan fingerprint density at radius 2 is 2.29 bits per heavy atom. The minimum atomic E-state index is -0.829. The minimum absolute atomic E-state index is 0.229. The first kappa shape index (κ1) is 12.5. The van der Waals surface area contributed by atoms with Gasteiger partial charge in [-0.2, -0.15) is 0 Å². The monoisotopic (exact) mass is 301 g/mol. The highest BCUT2D eigenvalue weighted by Gasteiger charge is 2.35. The van der Waals surface area contributed by atoms with Gasteiger partial charge in [-0.3, -0.25) is 4.79 Å². The predicted molar refractivity (Wildman–Crippen MR) is 65.1 cm³/mol. The molecule has 0 saturated heterocycles. The van der Waals surface area contributed by atoms with E-state index in [0.717, 1.165) is 18.4 Å². The average molecular weight is 302 g/mol. The van der Waals surface area contributed by atoms with Gasteiger partial charge < -0.3 is 10.4 Å². The third-order valence-electron chi connectivity index (χ3n) is 2.87. The normalized spacial score (nSPS) is 16.8. The Bertz CT molecular complexity index is 435. The highest BCUT2D eigenvalue weighted by atomic mass is 79.9. The van der Waals surface area contributed by atoms with Crippen molar-refractivity contribution in [1.29, 1.82) is 0 Å². The molecule has 0 bridgehead atoms. The van der Waals surface area contributed by atoms with E-state index >= 15 is 0 Å². The van der Waals surface area contributed by atoms with Crippen molar-refractivity contribution in [3.05, 3.63) is 34.1 Å². The van der Waals surface area contributed by atoms with Crippen LogP contribution in [0.4, 0.5) is 4.39 Å². The van der Waals surface area contributed by atoms with Gasteiger partial charge >= 0.3 is 5.97 Å². The molecular weight excluding hydrogens is 289 g/mol. The zero-order chi connectivity index (χ0) is 12.4. The Kier molecular flexibility index (Phi) is 3.79. The summed E-state index contributed by atoms with van der Waals surface area (Å²) in [6.07, 6.45) is 1.91. The second kappa shape index (κ2) is 5.14. The lowest BCUT2D eigenvalue weighted by Gasteiger charge is -2.13. The fourth-order valence-electron chi connectivity index (χ4n) is 1.76. The van der Waals surface area contributed by atoms with E-state index < -0.39 is 12.0 Å². The van der Waals surface area contributed by atoms with Crippen molar-refractivity contribution in [3.8, 4) is 0 Å². The van der Waals surface area contributed by atoms with Gasteiger partial charge in [-0.25, -0.2) is 4.39 Å². The Morgan fingerprint density at radius 3 is 2.82 bits per heavy atom. The van der Waals surface area contributed by atoms with E-state index in [2.05, 4.69) is 21.2 Å². The third-order valence-corrected chi connectivity index (χ3v) is 3.51. The smallest absolute Gasteiger partial charge is 0.320 e. The molecule has 0 aliphatic heterocycles. The Balaban J connectivity index is 1.96. The van der Waals surface area contributed by atoms with Crippen LogP contribution in [-0.4, -0.2) is 17.1 Å². The molecule has 0 spiro atoms. The second-order valence-corrected chi connectivity index (χ2v) is 5.14. The van der Waals surface area contributed by atoms with Crippen LogP contribution in [0.3, 0.4) is 0 Å². The molecule has 1 aromatic carbocycles. The maximum absolute atomic E-state index is 13.2. The molecule has 1 atom stereocenters. The van der Waals surface area contributed by atoms with Crippen molar-refractivity contribution in [3.63, 3.8) is 0 Å². The SMILES string of the molecule is O=C(O)C(NCc1ccc(Br)c(F)c1)C1CC1. The summed E-state index contributed by atoms with van der Waals surface area (Å²) in [5.41, 5.74) is 0.748. The zero-order valence-electron chi connectivity index (χ0n) is 9.12. The van der Waals surface area contributed by atoms with Crippen molar-refractivity contribution in [2.24, 2.45) is 5.92 Å². The molecule has 0 heterocycles. The first-order valence-corrected chi connectivity index (χ1v) is 6.27. The van der Waals surface area contributed by atoms with E-state index in [9.17, 15) is 9.18 Å². The number of carboxylic acid groups (broad SMARTS) is 1. The molecule has 1 aliphatic carbocycles. The van der Waals surface area contributed by atoms with Crippen molar-refractivity contribution in [2.75, 3.05) is 0 Å². The molecule has 0 aromatic heterocycles. The number of hydrogen-bond acceptors (Lipinski definition) is 2. The minimum Gasteiger partial charge on any atom is -0.480 e. The maximum Gasteiger partial charge on any atom is 0.320 e. The number of nitrogens with one attached hydrogen (secondary N) is 1. The lowest BCUT2D eigenvalue weighted by molar-refractivity contribution is -0.140. The van der Waals surface area contributed by atoms with E-state index in [4.69, 9.17) is 5.11 Å². The van der Waals surface area contributed by atoms with Crippen LogP contribution in [0.1, 0.15) is 18.4 Å². The summed E-state index contributed by atoms with van der Waals surface area (Å²) in [6.45, 7) is 0.373. The van der Waals surface area contributed by atoms with Crippen LogP contribution in [0.15, 0.2) is 22.7 Å². The molecule has 1 aliphatic rings. The van der Waals surface area contributed by atoms with E-state index in [1.165, 1.54) is 6.07 Å². The van der Waals surface area contributed by atoms with Gasteiger partial charge in [-0.15, -0.1) is 0 Å². The number of halogens is 2. The highest BCUT2D eigenvalue weighted by Crippen LogP contribution is 2.32. The molecule has 2 rings (SSSR count). The van der Waals surface area contributed by atoms with Crippen LogP contribution in [0.5, 0.6) is 0 Å². The number of rotatable bonds is 5. The Morgan fingerprint density at radius 1 is 1.59 bits per heavy atom. The number of carbonyl (C=O) groups is 1. The Labute approximate surface area is 107 Å². The molecule has 5 heteroatoms. The van der Waals surface area contributed by atoms with Gasteiger partial charge in [0.05, 0.1) is 4.47 Å². The van der Waals surface area contributed by atoms with Crippen LogP contribution >= 0.6 is 15.9 Å². The van der Waals surface area contributed by atoms with Gasteiger partial charge in [0.15, 0.2) is 0 Å². The molecule has 92 valence electrons. The van der Waals surface area contributed by atoms with Crippen molar-refractivity contribution in [2.45, 2.75) is 25.4 Å². The van der Waals surface area contributed by atoms with Crippen molar-refractivity contribution in [1.82, 2.24) is 5.32 Å². The van der Waals surface area contributed by atoms with Gasteiger partial charge in [0.25, 0.3) is 0 Å². The van der Waals surface area contributed by atoms with Crippen LogP contribution in [-0.2, 0) is 11.3 Å². The maximum atomic E-state index is 13.2. The van der Waals surface area contributed by atoms with Crippen LogP contribution in [0, 0.1) is 11.7 Å². The van der Waals surface area contributed by atoms with Crippen LogP contribution in [0.2, 0.25) is 0 Å². The molecule has 0 radical (unpaired) electrons. The van der Waals surface area contributed by atoms with Gasteiger partial charge in [0, 0.05) is 6.54 Å². The molecule has 1 unspecified atom stereocenters. The van der Waals surface area contributed by atoms with E-state index in [1.807, 2.05) is 0 Å². The van der Waals surface area contributed by atoms with E-state index in [1.54, 1.807) is 12.1 Å². The van der Waals surface area contributed by atoms with Gasteiger partial charge in [0.2, 0.25) is 0 Å². The quantitative estimate of drug-likeness (QED) is 0.879. The molecule has 2 N–H and O–H groups in total.